The molecule has 3 rings (SSSR count). The van der Waals surface area contributed by atoms with E-state index in [1.807, 2.05) is 36.7 Å². The third-order valence-electron chi connectivity index (χ3n) is 3.49. The van der Waals surface area contributed by atoms with Gasteiger partial charge in [0.1, 0.15) is 5.65 Å². The van der Waals surface area contributed by atoms with Gasteiger partial charge in [-0.15, -0.1) is 0 Å². The van der Waals surface area contributed by atoms with Crippen LogP contribution >= 0.6 is 11.6 Å². The highest BCUT2D eigenvalue weighted by atomic mass is 35.5. The lowest BCUT2D eigenvalue weighted by atomic mass is 10.2. The second kappa shape index (κ2) is 5.96. The molecule has 23 heavy (non-hydrogen) atoms. The molecule has 2 heterocycles. The normalized spacial score (nSPS) is 12.0. The van der Waals surface area contributed by atoms with Gasteiger partial charge in [-0.05, 0) is 49.2 Å². The van der Waals surface area contributed by atoms with E-state index in [0.717, 1.165) is 16.8 Å². The summed E-state index contributed by atoms with van der Waals surface area (Å²) >= 11 is 5.78. The molecule has 120 valence electrons. The first kappa shape index (κ1) is 16.0. The number of aryl methyl sites for hydroxylation is 2. The van der Waals surface area contributed by atoms with Gasteiger partial charge in [-0.3, -0.25) is 0 Å². The number of benzene rings is 1. The number of fused-ring (bicyclic) bond motifs is 1. The first-order valence-electron chi connectivity index (χ1n) is 7.05. The van der Waals surface area contributed by atoms with Crippen molar-refractivity contribution in [1.29, 1.82) is 0 Å². The SMILES string of the molecule is Cc1cc(C)c2nc(CNS(=O)(=O)c3ccc(Cl)cc3)cn2c1. The van der Waals surface area contributed by atoms with Crippen LogP contribution in [0.2, 0.25) is 5.02 Å². The average Bonchev–Trinajstić information content (AvgIpc) is 2.89. The molecule has 0 atom stereocenters. The van der Waals surface area contributed by atoms with Gasteiger partial charge in [0.25, 0.3) is 0 Å². The van der Waals surface area contributed by atoms with Gasteiger partial charge in [-0.1, -0.05) is 17.7 Å². The molecule has 0 amide bonds. The van der Waals surface area contributed by atoms with Crippen LogP contribution in [0.5, 0.6) is 0 Å². The number of pyridine rings is 1. The van der Waals surface area contributed by atoms with Crippen LogP contribution < -0.4 is 4.72 Å². The minimum absolute atomic E-state index is 0.130. The Kier molecular flexibility index (Phi) is 4.14. The maximum Gasteiger partial charge on any atom is 0.240 e. The zero-order valence-electron chi connectivity index (χ0n) is 12.7. The first-order chi connectivity index (χ1) is 10.8. The fourth-order valence-electron chi connectivity index (χ4n) is 2.45. The molecular weight excluding hydrogens is 334 g/mol. The predicted octanol–water partition coefficient (Wildman–Crippen LogP) is 3.08. The number of nitrogens with one attached hydrogen (secondary N) is 1. The van der Waals surface area contributed by atoms with E-state index < -0.39 is 10.0 Å². The molecule has 0 aliphatic carbocycles. The zero-order chi connectivity index (χ0) is 16.6. The Morgan fingerprint density at radius 3 is 2.57 bits per heavy atom. The van der Waals surface area contributed by atoms with Crippen molar-refractivity contribution < 1.29 is 8.42 Å². The van der Waals surface area contributed by atoms with Crippen molar-refractivity contribution in [2.75, 3.05) is 0 Å². The molecule has 0 aliphatic heterocycles. The van der Waals surface area contributed by atoms with Crippen LogP contribution in [0.3, 0.4) is 0 Å². The number of halogens is 1. The van der Waals surface area contributed by atoms with Gasteiger partial charge in [0, 0.05) is 17.4 Å². The third-order valence-corrected chi connectivity index (χ3v) is 5.16. The molecule has 2 aromatic heterocycles. The lowest BCUT2D eigenvalue weighted by Crippen LogP contribution is -2.23. The van der Waals surface area contributed by atoms with Crippen LogP contribution in [0.15, 0.2) is 47.6 Å². The summed E-state index contributed by atoms with van der Waals surface area (Å²) in [5.74, 6) is 0. The molecule has 0 aliphatic rings. The average molecular weight is 350 g/mol. The lowest BCUT2D eigenvalue weighted by molar-refractivity contribution is 0.580. The fraction of sp³-hybridized carbons (Fsp3) is 0.188. The van der Waals surface area contributed by atoms with Crippen molar-refractivity contribution >= 4 is 27.3 Å². The van der Waals surface area contributed by atoms with Crippen LogP contribution in [0.4, 0.5) is 0 Å². The van der Waals surface area contributed by atoms with E-state index in [9.17, 15) is 8.42 Å². The molecule has 3 aromatic rings. The Bertz CT molecular complexity index is 963. The van der Waals surface area contributed by atoms with Gasteiger partial charge in [-0.25, -0.2) is 18.1 Å². The number of aromatic nitrogens is 2. The topological polar surface area (TPSA) is 63.5 Å². The van der Waals surface area contributed by atoms with Gasteiger partial charge < -0.3 is 4.40 Å². The molecule has 0 saturated heterocycles. The van der Waals surface area contributed by atoms with E-state index in [0.29, 0.717) is 10.7 Å². The van der Waals surface area contributed by atoms with E-state index >= 15 is 0 Å². The number of hydrogen-bond donors (Lipinski definition) is 1. The molecule has 5 nitrogen and oxygen atoms in total. The van der Waals surface area contributed by atoms with Crippen molar-refractivity contribution in [2.45, 2.75) is 25.3 Å². The largest absolute Gasteiger partial charge is 0.306 e. The smallest absolute Gasteiger partial charge is 0.240 e. The van der Waals surface area contributed by atoms with Crippen molar-refractivity contribution in [3.05, 3.63) is 64.6 Å². The number of sulfonamides is 1. The summed E-state index contributed by atoms with van der Waals surface area (Å²) in [5.41, 5.74) is 3.67. The number of imidazole rings is 1. The summed E-state index contributed by atoms with van der Waals surface area (Å²) < 4.78 is 29.0. The molecule has 0 spiro atoms. The minimum Gasteiger partial charge on any atom is -0.306 e. The monoisotopic (exact) mass is 349 g/mol. The van der Waals surface area contributed by atoms with Crippen molar-refractivity contribution in [3.8, 4) is 0 Å². The second-order valence-corrected chi connectivity index (χ2v) is 7.65. The summed E-state index contributed by atoms with van der Waals surface area (Å²) in [7, 11) is -3.59. The van der Waals surface area contributed by atoms with Gasteiger partial charge in [-0.2, -0.15) is 0 Å². The Morgan fingerprint density at radius 2 is 1.87 bits per heavy atom. The molecule has 1 aromatic carbocycles. The summed E-state index contributed by atoms with van der Waals surface area (Å²) in [4.78, 5) is 4.66. The lowest BCUT2D eigenvalue weighted by Gasteiger charge is -2.05. The molecular formula is C16H16ClN3O2S. The summed E-state index contributed by atoms with van der Waals surface area (Å²) in [6, 6.07) is 8.09. The van der Waals surface area contributed by atoms with E-state index in [4.69, 9.17) is 11.6 Å². The van der Waals surface area contributed by atoms with E-state index in [1.165, 1.54) is 12.1 Å². The second-order valence-electron chi connectivity index (χ2n) is 5.44. The van der Waals surface area contributed by atoms with Gasteiger partial charge in [0.2, 0.25) is 10.0 Å². The third kappa shape index (κ3) is 3.39. The maximum atomic E-state index is 12.3. The molecule has 7 heteroatoms. The van der Waals surface area contributed by atoms with Gasteiger partial charge in [0.15, 0.2) is 0 Å². The molecule has 0 unspecified atom stereocenters. The highest BCUT2D eigenvalue weighted by Crippen LogP contribution is 2.15. The molecule has 1 N–H and O–H groups in total. The van der Waals surface area contributed by atoms with E-state index in [1.54, 1.807) is 12.1 Å². The van der Waals surface area contributed by atoms with Crippen molar-refractivity contribution in [2.24, 2.45) is 0 Å². The van der Waals surface area contributed by atoms with Crippen LogP contribution in [-0.4, -0.2) is 17.8 Å². The van der Waals surface area contributed by atoms with Crippen LogP contribution in [0.25, 0.3) is 5.65 Å². The molecule has 0 saturated carbocycles. The standard InChI is InChI=1S/C16H16ClN3O2S/c1-11-7-12(2)16-19-14(10-20(16)9-11)8-18-23(21,22)15-5-3-13(17)4-6-15/h3-7,9-10,18H,8H2,1-2H3. The Morgan fingerprint density at radius 1 is 1.17 bits per heavy atom. The van der Waals surface area contributed by atoms with Crippen molar-refractivity contribution in [1.82, 2.24) is 14.1 Å². The van der Waals surface area contributed by atoms with Crippen LogP contribution in [0.1, 0.15) is 16.8 Å². The van der Waals surface area contributed by atoms with Crippen molar-refractivity contribution in [3.63, 3.8) is 0 Å². The van der Waals surface area contributed by atoms with Crippen LogP contribution in [-0.2, 0) is 16.6 Å². The quantitative estimate of drug-likeness (QED) is 0.787. The number of rotatable bonds is 4. The number of nitrogens with zero attached hydrogens (tertiary/aromatic N) is 2. The Labute approximate surface area is 140 Å². The Balaban J connectivity index is 1.82. The predicted molar refractivity (Wildman–Crippen MR) is 90.1 cm³/mol. The molecule has 0 radical (unpaired) electrons. The van der Waals surface area contributed by atoms with E-state index in [2.05, 4.69) is 9.71 Å². The van der Waals surface area contributed by atoms with Gasteiger partial charge >= 0.3 is 0 Å². The highest BCUT2D eigenvalue weighted by molar-refractivity contribution is 7.89. The summed E-state index contributed by atoms with van der Waals surface area (Å²) in [5, 5.41) is 0.496. The molecule has 0 fully saturated rings. The fourth-order valence-corrected chi connectivity index (χ4v) is 3.57. The number of hydrogen-bond acceptors (Lipinski definition) is 3. The van der Waals surface area contributed by atoms with Crippen LogP contribution in [0, 0.1) is 13.8 Å². The zero-order valence-corrected chi connectivity index (χ0v) is 14.3. The molecule has 0 bridgehead atoms. The Hall–Kier alpha value is -1.89. The highest BCUT2D eigenvalue weighted by Gasteiger charge is 2.14. The summed E-state index contributed by atoms with van der Waals surface area (Å²) in [6.45, 7) is 4.12. The maximum absolute atomic E-state index is 12.3. The van der Waals surface area contributed by atoms with E-state index in [-0.39, 0.29) is 11.4 Å². The van der Waals surface area contributed by atoms with Gasteiger partial charge in [0.05, 0.1) is 17.1 Å². The first-order valence-corrected chi connectivity index (χ1v) is 8.91. The minimum atomic E-state index is -3.59. The summed E-state index contributed by atoms with van der Waals surface area (Å²) in [6.07, 6.45) is 3.80.